The molecule has 1 fully saturated rings. The Hall–Kier alpha value is -1.59. The van der Waals surface area contributed by atoms with Crippen LogP contribution in [-0.2, 0) is 14.4 Å². The van der Waals surface area contributed by atoms with Crippen LogP contribution in [0.25, 0.3) is 0 Å². The third-order valence-corrected chi connectivity index (χ3v) is 2.47. The van der Waals surface area contributed by atoms with Gasteiger partial charge in [0.05, 0.1) is 6.54 Å². The van der Waals surface area contributed by atoms with Crippen LogP contribution >= 0.6 is 0 Å². The molecule has 0 saturated carbocycles. The smallest absolute Gasteiger partial charge is 0.243 e. The molecule has 1 unspecified atom stereocenters. The molecule has 1 atom stereocenters. The van der Waals surface area contributed by atoms with Crippen LogP contribution in [0, 0.1) is 5.92 Å². The van der Waals surface area contributed by atoms with Crippen molar-refractivity contribution in [2.75, 3.05) is 13.1 Å². The number of nitrogens with zero attached hydrogens (tertiary/aromatic N) is 1. The first-order valence-corrected chi connectivity index (χ1v) is 5.27. The van der Waals surface area contributed by atoms with E-state index >= 15 is 0 Å². The van der Waals surface area contributed by atoms with Gasteiger partial charge in [-0.1, -0.05) is 13.8 Å². The van der Waals surface area contributed by atoms with Crippen molar-refractivity contribution in [3.8, 4) is 0 Å². The molecule has 1 aliphatic heterocycles. The third-order valence-electron chi connectivity index (χ3n) is 2.47. The first kappa shape index (κ1) is 12.5. The Morgan fingerprint density at radius 3 is 2.62 bits per heavy atom. The van der Waals surface area contributed by atoms with Crippen LogP contribution in [0.4, 0.5) is 0 Å². The van der Waals surface area contributed by atoms with Crippen LogP contribution in [0.1, 0.15) is 20.3 Å². The van der Waals surface area contributed by atoms with E-state index in [1.165, 1.54) is 4.90 Å². The molecule has 16 heavy (non-hydrogen) atoms. The van der Waals surface area contributed by atoms with E-state index in [0.29, 0.717) is 6.42 Å². The zero-order valence-electron chi connectivity index (χ0n) is 9.53. The van der Waals surface area contributed by atoms with Gasteiger partial charge in [-0.2, -0.15) is 0 Å². The summed E-state index contributed by atoms with van der Waals surface area (Å²) in [6.07, 6.45) is 0.481. The Balaban J connectivity index is 2.79. The number of hydrogen-bond donors (Lipinski definition) is 2. The summed E-state index contributed by atoms with van der Waals surface area (Å²) in [5.41, 5.74) is 5.26. The molecule has 0 aliphatic carbocycles. The van der Waals surface area contributed by atoms with Gasteiger partial charge >= 0.3 is 0 Å². The summed E-state index contributed by atoms with van der Waals surface area (Å²) >= 11 is 0. The summed E-state index contributed by atoms with van der Waals surface area (Å²) in [7, 11) is 0. The molecule has 6 nitrogen and oxygen atoms in total. The standard InChI is InChI=1S/C10H17N3O3/c1-6(2)3-7(10(11)16)13-5-8(14)12-4-9(13)15/h6-7H,3-5H2,1-2H3,(H2,11,16)(H,12,14). The Morgan fingerprint density at radius 1 is 1.50 bits per heavy atom. The molecule has 1 saturated heterocycles. The highest BCUT2D eigenvalue weighted by molar-refractivity contribution is 5.95. The van der Waals surface area contributed by atoms with Gasteiger partial charge in [-0.3, -0.25) is 14.4 Å². The number of piperazine rings is 1. The van der Waals surface area contributed by atoms with E-state index in [0.717, 1.165) is 0 Å². The molecular weight excluding hydrogens is 210 g/mol. The Morgan fingerprint density at radius 2 is 2.12 bits per heavy atom. The predicted molar refractivity (Wildman–Crippen MR) is 57.2 cm³/mol. The van der Waals surface area contributed by atoms with Gasteiger partial charge in [-0.25, -0.2) is 0 Å². The Kier molecular flexibility index (Phi) is 3.87. The number of nitrogens with two attached hydrogens (primary N) is 1. The summed E-state index contributed by atoms with van der Waals surface area (Å²) in [6, 6.07) is -0.682. The van der Waals surface area contributed by atoms with Crippen molar-refractivity contribution >= 4 is 17.7 Å². The third kappa shape index (κ3) is 2.95. The Labute approximate surface area is 94.2 Å². The fourth-order valence-electron chi connectivity index (χ4n) is 1.70. The van der Waals surface area contributed by atoms with Gasteiger partial charge in [0.25, 0.3) is 0 Å². The van der Waals surface area contributed by atoms with Crippen molar-refractivity contribution in [1.29, 1.82) is 0 Å². The van der Waals surface area contributed by atoms with E-state index in [1.54, 1.807) is 0 Å². The average molecular weight is 227 g/mol. The van der Waals surface area contributed by atoms with Gasteiger partial charge in [0, 0.05) is 0 Å². The lowest BCUT2D eigenvalue weighted by atomic mass is 10.0. The van der Waals surface area contributed by atoms with Crippen molar-refractivity contribution in [2.24, 2.45) is 11.7 Å². The molecule has 1 rings (SSSR count). The van der Waals surface area contributed by atoms with Crippen molar-refractivity contribution in [1.82, 2.24) is 10.2 Å². The van der Waals surface area contributed by atoms with Crippen LogP contribution < -0.4 is 11.1 Å². The maximum Gasteiger partial charge on any atom is 0.243 e. The van der Waals surface area contributed by atoms with Crippen LogP contribution in [0.5, 0.6) is 0 Å². The van der Waals surface area contributed by atoms with E-state index in [2.05, 4.69) is 5.32 Å². The minimum absolute atomic E-state index is 0.0549. The largest absolute Gasteiger partial charge is 0.368 e. The fraction of sp³-hybridized carbons (Fsp3) is 0.700. The fourth-order valence-corrected chi connectivity index (χ4v) is 1.70. The molecule has 0 bridgehead atoms. The van der Waals surface area contributed by atoms with Crippen LogP contribution in [0.2, 0.25) is 0 Å². The highest BCUT2D eigenvalue weighted by Gasteiger charge is 2.33. The first-order chi connectivity index (χ1) is 7.41. The number of carbonyl (C=O) groups is 3. The number of hydrogen-bond acceptors (Lipinski definition) is 3. The minimum atomic E-state index is -0.682. The molecule has 0 spiro atoms. The second-order valence-corrected chi connectivity index (χ2v) is 4.35. The summed E-state index contributed by atoms with van der Waals surface area (Å²) in [6.45, 7) is 3.73. The summed E-state index contributed by atoms with van der Waals surface area (Å²) in [5.74, 6) is -0.842. The summed E-state index contributed by atoms with van der Waals surface area (Å²) in [4.78, 5) is 35.3. The highest BCUT2D eigenvalue weighted by Crippen LogP contribution is 2.13. The molecule has 6 heteroatoms. The molecule has 0 aromatic carbocycles. The van der Waals surface area contributed by atoms with Gasteiger partial charge in [0.2, 0.25) is 17.7 Å². The maximum absolute atomic E-state index is 11.6. The summed E-state index contributed by atoms with van der Waals surface area (Å²) in [5, 5.41) is 2.43. The number of carbonyl (C=O) groups excluding carboxylic acids is 3. The topological polar surface area (TPSA) is 92.5 Å². The van der Waals surface area contributed by atoms with Crippen molar-refractivity contribution < 1.29 is 14.4 Å². The molecule has 0 aromatic heterocycles. The number of rotatable bonds is 4. The molecule has 3 amide bonds. The lowest BCUT2D eigenvalue weighted by Crippen LogP contribution is -2.58. The predicted octanol–water partition coefficient (Wildman–Crippen LogP) is -1.16. The molecule has 1 aliphatic rings. The first-order valence-electron chi connectivity index (χ1n) is 5.27. The van der Waals surface area contributed by atoms with E-state index in [4.69, 9.17) is 5.73 Å². The van der Waals surface area contributed by atoms with Crippen LogP contribution in [0.3, 0.4) is 0 Å². The molecule has 0 radical (unpaired) electrons. The zero-order chi connectivity index (χ0) is 12.3. The summed E-state index contributed by atoms with van der Waals surface area (Å²) < 4.78 is 0. The zero-order valence-corrected chi connectivity index (χ0v) is 9.53. The minimum Gasteiger partial charge on any atom is -0.368 e. The van der Waals surface area contributed by atoms with E-state index in [1.807, 2.05) is 13.8 Å². The molecule has 0 aromatic rings. The van der Waals surface area contributed by atoms with Crippen LogP contribution in [0.15, 0.2) is 0 Å². The average Bonchev–Trinajstić information content (AvgIpc) is 2.18. The number of amides is 3. The van der Waals surface area contributed by atoms with E-state index < -0.39 is 11.9 Å². The monoisotopic (exact) mass is 227 g/mol. The van der Waals surface area contributed by atoms with E-state index in [-0.39, 0.29) is 30.8 Å². The van der Waals surface area contributed by atoms with Gasteiger partial charge < -0.3 is 16.0 Å². The molecule has 3 N–H and O–H groups in total. The molecule has 90 valence electrons. The quantitative estimate of drug-likeness (QED) is 0.634. The number of primary amides is 1. The normalized spacial score (nSPS) is 18.6. The molecular formula is C10H17N3O3. The lowest BCUT2D eigenvalue weighted by Gasteiger charge is -2.33. The van der Waals surface area contributed by atoms with Gasteiger partial charge in [-0.05, 0) is 12.3 Å². The molecule has 1 heterocycles. The second-order valence-electron chi connectivity index (χ2n) is 4.35. The second kappa shape index (κ2) is 4.96. The van der Waals surface area contributed by atoms with Gasteiger partial charge in [0.1, 0.15) is 12.6 Å². The van der Waals surface area contributed by atoms with Crippen molar-refractivity contribution in [3.63, 3.8) is 0 Å². The van der Waals surface area contributed by atoms with E-state index in [9.17, 15) is 14.4 Å². The SMILES string of the molecule is CC(C)CC(C(N)=O)N1CC(=O)NCC1=O. The highest BCUT2D eigenvalue weighted by atomic mass is 16.2. The van der Waals surface area contributed by atoms with Gasteiger partial charge in [0.15, 0.2) is 0 Å². The lowest BCUT2D eigenvalue weighted by molar-refractivity contribution is -0.146. The van der Waals surface area contributed by atoms with Crippen molar-refractivity contribution in [2.45, 2.75) is 26.3 Å². The Bertz CT molecular complexity index is 314. The van der Waals surface area contributed by atoms with Crippen molar-refractivity contribution in [3.05, 3.63) is 0 Å². The van der Waals surface area contributed by atoms with Crippen LogP contribution in [-0.4, -0.2) is 41.8 Å². The number of nitrogens with one attached hydrogen (secondary N) is 1. The maximum atomic E-state index is 11.6. The van der Waals surface area contributed by atoms with Gasteiger partial charge in [-0.15, -0.1) is 0 Å².